The summed E-state index contributed by atoms with van der Waals surface area (Å²) in [5, 5.41) is 0.722. The molecule has 1 atom stereocenters. The highest BCUT2D eigenvalue weighted by atomic mass is 79.9. The molecule has 134 valence electrons. The maximum atomic E-state index is 11.1. The molecule has 2 aromatic rings. The summed E-state index contributed by atoms with van der Waals surface area (Å²) in [5.74, 6) is 0.0962. The van der Waals surface area contributed by atoms with E-state index in [0.717, 1.165) is 25.7 Å². The Kier molecular flexibility index (Phi) is 6.83. The predicted molar refractivity (Wildman–Crippen MR) is 107 cm³/mol. The van der Waals surface area contributed by atoms with E-state index in [1.54, 1.807) is 11.8 Å². The molecule has 0 aliphatic heterocycles. The molecular weight excluding hydrogens is 422 g/mol. The zero-order chi connectivity index (χ0) is 18.6. The largest absolute Gasteiger partial charge is 0.443 e. The van der Waals surface area contributed by atoms with Crippen LogP contribution in [-0.2, 0) is 11.2 Å². The highest BCUT2D eigenvalue weighted by Gasteiger charge is 2.30. The summed E-state index contributed by atoms with van der Waals surface area (Å²) >= 11 is 11.2. The summed E-state index contributed by atoms with van der Waals surface area (Å²) in [7, 11) is 0. The summed E-state index contributed by atoms with van der Waals surface area (Å²) in [6.45, 7) is 5.82. The molecule has 6 heteroatoms. The van der Waals surface area contributed by atoms with Crippen LogP contribution < -0.4 is 5.73 Å². The van der Waals surface area contributed by atoms with Crippen LogP contribution in [0.4, 0.5) is 4.79 Å². The fraction of sp³-hybridized carbons (Fsp3) is 0.316. The number of hydrogen-bond acceptors (Lipinski definition) is 3. The second-order valence-corrected chi connectivity index (χ2v) is 8.91. The van der Waals surface area contributed by atoms with Crippen molar-refractivity contribution in [3.05, 3.63) is 57.5 Å². The topological polar surface area (TPSA) is 52.3 Å². The number of primary amides is 1. The Morgan fingerprint density at radius 3 is 2.52 bits per heavy atom. The van der Waals surface area contributed by atoms with E-state index in [2.05, 4.69) is 35.0 Å². The fourth-order valence-corrected chi connectivity index (χ4v) is 3.84. The van der Waals surface area contributed by atoms with Crippen molar-refractivity contribution < 1.29 is 9.53 Å². The molecule has 0 heterocycles. The lowest BCUT2D eigenvalue weighted by Gasteiger charge is -2.31. The molecule has 1 amide bonds. The van der Waals surface area contributed by atoms with Gasteiger partial charge in [-0.25, -0.2) is 4.79 Å². The predicted octanol–water partition coefficient (Wildman–Crippen LogP) is 6.31. The second kappa shape index (κ2) is 8.47. The Morgan fingerprint density at radius 2 is 1.92 bits per heavy atom. The first-order valence-electron chi connectivity index (χ1n) is 7.87. The number of ether oxygens (including phenoxy) is 1. The number of benzene rings is 2. The lowest BCUT2D eigenvalue weighted by atomic mass is 9.87. The summed E-state index contributed by atoms with van der Waals surface area (Å²) < 4.78 is 6.30. The molecule has 0 spiro atoms. The second-order valence-electron chi connectivity index (χ2n) is 6.44. The average molecular weight is 443 g/mol. The van der Waals surface area contributed by atoms with Crippen molar-refractivity contribution in [2.24, 2.45) is 11.7 Å². The first-order valence-corrected chi connectivity index (χ1v) is 9.86. The molecule has 0 bridgehead atoms. The van der Waals surface area contributed by atoms with Gasteiger partial charge in [-0.15, -0.1) is 0 Å². The SMILES string of the molecule is CC(Cc1cc(Br)ccc1Sc1ccc(Cl)cc1)C(C)(C)OC(N)=O. The van der Waals surface area contributed by atoms with Crippen molar-refractivity contribution in [3.63, 3.8) is 0 Å². The van der Waals surface area contributed by atoms with Crippen molar-refractivity contribution in [1.29, 1.82) is 0 Å². The van der Waals surface area contributed by atoms with Crippen LogP contribution in [0.3, 0.4) is 0 Å². The van der Waals surface area contributed by atoms with E-state index in [0.29, 0.717) is 0 Å². The third kappa shape index (κ3) is 5.94. The lowest BCUT2D eigenvalue weighted by molar-refractivity contribution is 0.00461. The number of rotatable bonds is 6. The van der Waals surface area contributed by atoms with Gasteiger partial charge in [0.25, 0.3) is 0 Å². The minimum Gasteiger partial charge on any atom is -0.443 e. The number of nitrogens with two attached hydrogens (primary N) is 1. The van der Waals surface area contributed by atoms with Crippen molar-refractivity contribution in [2.45, 2.75) is 42.6 Å². The Labute approximate surface area is 166 Å². The number of carbonyl (C=O) groups excluding carboxylic acids is 1. The fourth-order valence-electron chi connectivity index (χ4n) is 2.37. The third-order valence-electron chi connectivity index (χ3n) is 4.14. The summed E-state index contributed by atoms with van der Waals surface area (Å²) in [4.78, 5) is 13.4. The normalized spacial score (nSPS) is 12.7. The summed E-state index contributed by atoms with van der Waals surface area (Å²) in [5.41, 5.74) is 5.74. The molecule has 2 aromatic carbocycles. The van der Waals surface area contributed by atoms with Crippen LogP contribution >= 0.6 is 39.3 Å². The monoisotopic (exact) mass is 441 g/mol. The Hall–Kier alpha value is -1.17. The van der Waals surface area contributed by atoms with Gasteiger partial charge in [0.2, 0.25) is 0 Å². The molecule has 0 aromatic heterocycles. The van der Waals surface area contributed by atoms with E-state index in [1.807, 2.05) is 44.2 Å². The molecule has 0 saturated carbocycles. The quantitative estimate of drug-likeness (QED) is 0.570. The molecule has 2 N–H and O–H groups in total. The van der Waals surface area contributed by atoms with Gasteiger partial charge in [0.15, 0.2) is 0 Å². The van der Waals surface area contributed by atoms with Gasteiger partial charge in [0, 0.05) is 19.3 Å². The zero-order valence-corrected chi connectivity index (χ0v) is 17.5. The van der Waals surface area contributed by atoms with Gasteiger partial charge in [0.1, 0.15) is 5.60 Å². The minimum atomic E-state index is -0.748. The molecule has 1 unspecified atom stereocenters. The molecule has 0 saturated heterocycles. The van der Waals surface area contributed by atoms with Crippen molar-refractivity contribution in [2.75, 3.05) is 0 Å². The van der Waals surface area contributed by atoms with Crippen LogP contribution in [0.1, 0.15) is 26.3 Å². The lowest BCUT2D eigenvalue weighted by Crippen LogP contribution is -2.38. The highest BCUT2D eigenvalue weighted by molar-refractivity contribution is 9.10. The Morgan fingerprint density at radius 1 is 1.28 bits per heavy atom. The van der Waals surface area contributed by atoms with Crippen molar-refractivity contribution >= 4 is 45.4 Å². The van der Waals surface area contributed by atoms with Crippen LogP contribution in [0.5, 0.6) is 0 Å². The maximum absolute atomic E-state index is 11.1. The first-order chi connectivity index (χ1) is 11.7. The van der Waals surface area contributed by atoms with Crippen LogP contribution in [0.25, 0.3) is 0 Å². The van der Waals surface area contributed by atoms with E-state index in [4.69, 9.17) is 22.1 Å². The zero-order valence-electron chi connectivity index (χ0n) is 14.4. The average Bonchev–Trinajstić information content (AvgIpc) is 2.50. The van der Waals surface area contributed by atoms with Gasteiger partial charge in [-0.05, 0) is 74.2 Å². The van der Waals surface area contributed by atoms with Gasteiger partial charge in [-0.3, -0.25) is 0 Å². The summed E-state index contributed by atoms with van der Waals surface area (Å²) in [6.07, 6.45) is 0.0113. The summed E-state index contributed by atoms with van der Waals surface area (Å²) in [6, 6.07) is 14.0. The van der Waals surface area contributed by atoms with Crippen LogP contribution in [0.15, 0.2) is 56.7 Å². The maximum Gasteiger partial charge on any atom is 0.405 e. The van der Waals surface area contributed by atoms with Crippen LogP contribution in [0, 0.1) is 5.92 Å². The van der Waals surface area contributed by atoms with Crippen molar-refractivity contribution in [1.82, 2.24) is 0 Å². The van der Waals surface area contributed by atoms with E-state index < -0.39 is 11.7 Å². The standard InChI is InChI=1S/C19H21BrClNO2S/c1-12(19(2,3)24-18(22)23)10-13-11-14(20)4-9-17(13)25-16-7-5-15(21)6-8-16/h4-9,11-12H,10H2,1-3H3,(H2,22,23). The third-order valence-corrected chi connectivity index (χ3v) is 6.01. The van der Waals surface area contributed by atoms with E-state index in [1.165, 1.54) is 5.56 Å². The van der Waals surface area contributed by atoms with E-state index >= 15 is 0 Å². The number of carbonyl (C=O) groups is 1. The minimum absolute atomic E-state index is 0.0962. The van der Waals surface area contributed by atoms with Gasteiger partial charge >= 0.3 is 6.09 Å². The van der Waals surface area contributed by atoms with E-state index in [-0.39, 0.29) is 5.92 Å². The van der Waals surface area contributed by atoms with E-state index in [9.17, 15) is 4.79 Å². The van der Waals surface area contributed by atoms with Gasteiger partial charge in [0.05, 0.1) is 0 Å². The molecular formula is C19H21BrClNO2S. The molecule has 2 rings (SSSR count). The van der Waals surface area contributed by atoms with Crippen LogP contribution in [0.2, 0.25) is 5.02 Å². The number of hydrogen-bond donors (Lipinski definition) is 1. The van der Waals surface area contributed by atoms with Gasteiger partial charge < -0.3 is 10.5 Å². The molecule has 0 radical (unpaired) electrons. The number of halogens is 2. The Balaban J connectivity index is 2.23. The highest BCUT2D eigenvalue weighted by Crippen LogP contribution is 2.35. The van der Waals surface area contributed by atoms with Crippen LogP contribution in [-0.4, -0.2) is 11.7 Å². The molecule has 0 aliphatic rings. The smallest absolute Gasteiger partial charge is 0.405 e. The van der Waals surface area contributed by atoms with Gasteiger partial charge in [-0.2, -0.15) is 0 Å². The molecule has 3 nitrogen and oxygen atoms in total. The first kappa shape index (κ1) is 20.1. The van der Waals surface area contributed by atoms with Gasteiger partial charge in [-0.1, -0.05) is 46.2 Å². The number of amides is 1. The molecule has 0 aliphatic carbocycles. The molecule has 25 heavy (non-hydrogen) atoms. The molecule has 0 fully saturated rings. The van der Waals surface area contributed by atoms with Crippen molar-refractivity contribution in [3.8, 4) is 0 Å². The Bertz CT molecular complexity index is 750.